The van der Waals surface area contributed by atoms with Gasteiger partial charge in [0.1, 0.15) is 12.6 Å². The molecule has 11 heteroatoms. The zero-order chi connectivity index (χ0) is 12.5. The van der Waals surface area contributed by atoms with Crippen molar-refractivity contribution < 1.29 is 74.9 Å². The first-order chi connectivity index (χ1) is 6.40. The molecule has 0 aromatic rings. The van der Waals surface area contributed by atoms with Crippen molar-refractivity contribution in [3.05, 3.63) is 0 Å². The zero-order valence-electron chi connectivity index (χ0n) is 7.58. The SMILES string of the molecule is O=C([O-])C(F)(OCC(F)(F)F)C(F)(F)F.[Na+]. The van der Waals surface area contributed by atoms with E-state index in [9.17, 15) is 40.6 Å². The number of rotatable bonds is 3. The molecule has 90 valence electrons. The van der Waals surface area contributed by atoms with Crippen molar-refractivity contribution in [3.63, 3.8) is 0 Å². The quantitative estimate of drug-likeness (QED) is 0.421. The van der Waals surface area contributed by atoms with Crippen LogP contribution in [0.1, 0.15) is 0 Å². The molecule has 0 aliphatic heterocycles. The zero-order valence-corrected chi connectivity index (χ0v) is 9.58. The number of alkyl halides is 7. The maximum atomic E-state index is 12.4. The van der Waals surface area contributed by atoms with Gasteiger partial charge in [-0.25, -0.2) is 0 Å². The van der Waals surface area contributed by atoms with Crippen LogP contribution in [0.5, 0.6) is 0 Å². The van der Waals surface area contributed by atoms with E-state index in [1.165, 1.54) is 0 Å². The summed E-state index contributed by atoms with van der Waals surface area (Å²) in [5.41, 5.74) is 0. The van der Waals surface area contributed by atoms with Gasteiger partial charge < -0.3 is 14.6 Å². The molecule has 0 aromatic carbocycles. The molecule has 0 aromatic heterocycles. The first-order valence-corrected chi connectivity index (χ1v) is 3.08. The third kappa shape index (κ3) is 4.85. The Hall–Kier alpha value is -0.0600. The number of carbonyl (C=O) groups is 1. The molecular formula is C5H2F7NaO3. The molecule has 0 fully saturated rings. The smallest absolute Gasteiger partial charge is 0.544 e. The standard InChI is InChI=1S/C5H3F7O3.Na/c6-3(7,8)1-15-4(9,2(13)14)5(10,11)12;/h1H2,(H,13,14);/q;+1/p-1. The maximum absolute atomic E-state index is 12.4. The Morgan fingerprint density at radius 2 is 1.44 bits per heavy atom. The molecule has 3 nitrogen and oxygen atoms in total. The van der Waals surface area contributed by atoms with Crippen molar-refractivity contribution in [2.45, 2.75) is 18.2 Å². The minimum atomic E-state index is -6.16. The van der Waals surface area contributed by atoms with Crippen molar-refractivity contribution in [2.75, 3.05) is 6.61 Å². The van der Waals surface area contributed by atoms with E-state index < -0.39 is 30.8 Å². The number of hydrogen-bond acceptors (Lipinski definition) is 3. The molecule has 1 atom stereocenters. The Balaban J connectivity index is 0. The number of ether oxygens (including phenoxy) is 1. The number of carboxylic acid groups (broad SMARTS) is 1. The first kappa shape index (κ1) is 18.3. The number of carboxylic acids is 1. The van der Waals surface area contributed by atoms with Gasteiger partial charge in [0, 0.05) is 0 Å². The number of carbonyl (C=O) groups excluding carboxylic acids is 1. The third-order valence-corrected chi connectivity index (χ3v) is 1.06. The van der Waals surface area contributed by atoms with Gasteiger partial charge in [-0.3, -0.25) is 0 Å². The fraction of sp³-hybridized carbons (Fsp3) is 0.800. The molecule has 0 saturated heterocycles. The van der Waals surface area contributed by atoms with Crippen LogP contribution in [-0.2, 0) is 9.53 Å². The summed E-state index contributed by atoms with van der Waals surface area (Å²) in [6.07, 6.45) is -11.4. The summed E-state index contributed by atoms with van der Waals surface area (Å²) in [6, 6.07) is 0. The Kier molecular flexibility index (Phi) is 6.31. The second kappa shape index (κ2) is 5.52. The Bertz CT molecular complexity index is 249. The summed E-state index contributed by atoms with van der Waals surface area (Å²) in [5.74, 6) is -8.91. The van der Waals surface area contributed by atoms with E-state index in [-0.39, 0.29) is 29.6 Å². The van der Waals surface area contributed by atoms with Crippen LogP contribution >= 0.6 is 0 Å². The minimum Gasteiger partial charge on any atom is -0.544 e. The van der Waals surface area contributed by atoms with Gasteiger partial charge in [0.05, 0.1) is 0 Å². The Labute approximate surface area is 106 Å². The normalized spacial score (nSPS) is 16.2. The summed E-state index contributed by atoms with van der Waals surface area (Å²) < 4.78 is 84.1. The minimum absolute atomic E-state index is 0. The monoisotopic (exact) mass is 266 g/mol. The summed E-state index contributed by atoms with van der Waals surface area (Å²) in [4.78, 5) is 9.69. The van der Waals surface area contributed by atoms with Crippen molar-refractivity contribution >= 4 is 5.97 Å². The van der Waals surface area contributed by atoms with Crippen molar-refractivity contribution in [3.8, 4) is 0 Å². The molecule has 0 N–H and O–H groups in total. The van der Waals surface area contributed by atoms with Crippen LogP contribution in [0.3, 0.4) is 0 Å². The van der Waals surface area contributed by atoms with Gasteiger partial charge in [-0.1, -0.05) is 0 Å². The molecule has 0 spiro atoms. The number of hydrogen-bond donors (Lipinski definition) is 0. The van der Waals surface area contributed by atoms with Crippen molar-refractivity contribution in [1.82, 2.24) is 0 Å². The topological polar surface area (TPSA) is 49.4 Å². The molecule has 0 saturated carbocycles. The van der Waals surface area contributed by atoms with Crippen LogP contribution in [0.4, 0.5) is 30.7 Å². The summed E-state index contributed by atoms with van der Waals surface area (Å²) in [5, 5.41) is 9.69. The average molecular weight is 266 g/mol. The van der Waals surface area contributed by atoms with Crippen LogP contribution in [-0.4, -0.2) is 30.8 Å². The van der Waals surface area contributed by atoms with Crippen molar-refractivity contribution in [1.29, 1.82) is 0 Å². The average Bonchev–Trinajstić information content (AvgIpc) is 1.95. The van der Waals surface area contributed by atoms with E-state index >= 15 is 0 Å². The largest absolute Gasteiger partial charge is 1.00 e. The molecule has 0 radical (unpaired) electrons. The molecule has 1 unspecified atom stereocenters. The van der Waals surface area contributed by atoms with E-state index in [4.69, 9.17) is 0 Å². The number of aliphatic carboxylic acids is 1. The molecule has 0 aliphatic carbocycles. The Morgan fingerprint density at radius 1 is 1.06 bits per heavy atom. The van der Waals surface area contributed by atoms with E-state index in [1.807, 2.05) is 0 Å². The summed E-state index contributed by atoms with van der Waals surface area (Å²) in [6.45, 7) is -2.70. The fourth-order valence-corrected chi connectivity index (χ4v) is 0.438. The van der Waals surface area contributed by atoms with Crippen LogP contribution in [0.15, 0.2) is 0 Å². The molecule has 0 amide bonds. The van der Waals surface area contributed by atoms with Crippen LogP contribution in [0.2, 0.25) is 0 Å². The van der Waals surface area contributed by atoms with Gasteiger partial charge in [0.25, 0.3) is 0 Å². The molecular weight excluding hydrogens is 264 g/mol. The van der Waals surface area contributed by atoms with E-state index in [0.717, 1.165) is 0 Å². The second-order valence-electron chi connectivity index (χ2n) is 2.28. The predicted molar refractivity (Wildman–Crippen MR) is 26.9 cm³/mol. The maximum Gasteiger partial charge on any atom is 1.00 e. The van der Waals surface area contributed by atoms with Crippen molar-refractivity contribution in [2.24, 2.45) is 0 Å². The van der Waals surface area contributed by atoms with E-state index in [1.54, 1.807) is 0 Å². The van der Waals surface area contributed by atoms with E-state index in [2.05, 4.69) is 4.74 Å². The van der Waals surface area contributed by atoms with Crippen LogP contribution in [0, 0.1) is 0 Å². The summed E-state index contributed by atoms with van der Waals surface area (Å²) >= 11 is 0. The molecule has 0 bridgehead atoms. The fourth-order valence-electron chi connectivity index (χ4n) is 0.438. The molecule has 0 aliphatic rings. The van der Waals surface area contributed by atoms with Gasteiger partial charge in [-0.15, -0.1) is 0 Å². The summed E-state index contributed by atoms with van der Waals surface area (Å²) in [7, 11) is 0. The van der Waals surface area contributed by atoms with Crippen LogP contribution in [0.25, 0.3) is 0 Å². The first-order valence-electron chi connectivity index (χ1n) is 3.08. The Morgan fingerprint density at radius 3 is 1.62 bits per heavy atom. The molecule has 0 heterocycles. The van der Waals surface area contributed by atoms with Gasteiger partial charge in [-0.05, 0) is 0 Å². The molecule has 0 rings (SSSR count). The van der Waals surface area contributed by atoms with Crippen LogP contribution < -0.4 is 34.7 Å². The van der Waals surface area contributed by atoms with Gasteiger partial charge >= 0.3 is 47.8 Å². The number of halogens is 7. The molecule has 16 heavy (non-hydrogen) atoms. The van der Waals surface area contributed by atoms with Gasteiger partial charge in [0.2, 0.25) is 0 Å². The van der Waals surface area contributed by atoms with E-state index in [0.29, 0.717) is 0 Å². The predicted octanol–water partition coefficient (Wildman–Crippen LogP) is -2.45. The third-order valence-electron chi connectivity index (χ3n) is 1.06. The van der Waals surface area contributed by atoms with Gasteiger partial charge in [0.15, 0.2) is 0 Å². The second-order valence-corrected chi connectivity index (χ2v) is 2.28. The van der Waals surface area contributed by atoms with Gasteiger partial charge in [-0.2, -0.15) is 30.7 Å².